The molecule has 0 spiro atoms. The van der Waals surface area contributed by atoms with Crippen LogP contribution in [0.25, 0.3) is 0 Å². The third-order valence-electron chi connectivity index (χ3n) is 3.97. The predicted octanol–water partition coefficient (Wildman–Crippen LogP) is 2.54. The number of nitrogens with zero attached hydrogens (tertiary/aromatic N) is 1. The van der Waals surface area contributed by atoms with Gasteiger partial charge in [-0.3, -0.25) is 10.5 Å². The molecule has 104 valence electrons. The fourth-order valence-electron chi connectivity index (χ4n) is 3.08. The number of hydrogen-bond donors (Lipinski definition) is 1. The Hall–Kier alpha value is -1.64. The maximum absolute atomic E-state index is 12.4. The van der Waals surface area contributed by atoms with Gasteiger partial charge < -0.3 is 4.74 Å². The van der Waals surface area contributed by atoms with Crippen LogP contribution in [0.5, 0.6) is 0 Å². The standard InChI is InChI=1S/C15H16N2O2S/c1-8-5-10(18)14-11(6-8)19-15(17)9(7-16)13(14)12-3-2-4-20-12/h2-4,8-9,13,15H,5-6,17H2,1H3. The zero-order valence-electron chi connectivity index (χ0n) is 11.2. The second-order valence-corrected chi connectivity index (χ2v) is 6.48. The summed E-state index contributed by atoms with van der Waals surface area (Å²) in [6.07, 6.45) is 0.593. The molecule has 1 aliphatic heterocycles. The predicted molar refractivity (Wildman–Crippen MR) is 75.7 cm³/mol. The van der Waals surface area contributed by atoms with Gasteiger partial charge in [0.15, 0.2) is 12.0 Å². The number of nitrogens with two attached hydrogens (primary N) is 1. The lowest BCUT2D eigenvalue weighted by atomic mass is 9.74. The smallest absolute Gasteiger partial charge is 0.164 e. The van der Waals surface area contributed by atoms with Crippen molar-refractivity contribution in [3.05, 3.63) is 33.7 Å². The zero-order valence-corrected chi connectivity index (χ0v) is 12.0. The highest BCUT2D eigenvalue weighted by molar-refractivity contribution is 7.10. The molecule has 2 N–H and O–H groups in total. The van der Waals surface area contributed by atoms with Crippen LogP contribution in [0, 0.1) is 23.2 Å². The van der Waals surface area contributed by atoms with Gasteiger partial charge in [-0.1, -0.05) is 13.0 Å². The van der Waals surface area contributed by atoms with Crippen molar-refractivity contribution in [1.82, 2.24) is 0 Å². The van der Waals surface area contributed by atoms with E-state index in [1.807, 2.05) is 24.4 Å². The van der Waals surface area contributed by atoms with E-state index in [0.717, 1.165) is 11.3 Å². The van der Waals surface area contributed by atoms with Gasteiger partial charge in [0.2, 0.25) is 0 Å². The number of nitriles is 1. The van der Waals surface area contributed by atoms with E-state index in [0.29, 0.717) is 17.8 Å². The van der Waals surface area contributed by atoms with Crippen LogP contribution in [-0.4, -0.2) is 12.0 Å². The first kappa shape index (κ1) is 13.3. The first-order valence-electron chi connectivity index (χ1n) is 6.73. The van der Waals surface area contributed by atoms with Crippen molar-refractivity contribution in [1.29, 1.82) is 5.26 Å². The molecule has 0 saturated carbocycles. The van der Waals surface area contributed by atoms with E-state index in [1.54, 1.807) is 11.3 Å². The molecule has 0 aromatic carbocycles. The Labute approximate surface area is 121 Å². The second kappa shape index (κ2) is 5.04. The molecule has 2 aliphatic rings. The monoisotopic (exact) mass is 288 g/mol. The molecule has 20 heavy (non-hydrogen) atoms. The highest BCUT2D eigenvalue weighted by Crippen LogP contribution is 2.46. The van der Waals surface area contributed by atoms with E-state index >= 15 is 0 Å². The highest BCUT2D eigenvalue weighted by atomic mass is 32.1. The van der Waals surface area contributed by atoms with Gasteiger partial charge in [-0.15, -0.1) is 11.3 Å². The molecular weight excluding hydrogens is 272 g/mol. The van der Waals surface area contributed by atoms with Crippen LogP contribution in [0.3, 0.4) is 0 Å². The van der Waals surface area contributed by atoms with Gasteiger partial charge in [-0.05, 0) is 17.4 Å². The third kappa shape index (κ3) is 2.05. The van der Waals surface area contributed by atoms with Crippen molar-refractivity contribution in [2.75, 3.05) is 0 Å². The van der Waals surface area contributed by atoms with Crippen molar-refractivity contribution in [2.24, 2.45) is 17.6 Å². The lowest BCUT2D eigenvalue weighted by molar-refractivity contribution is -0.118. The van der Waals surface area contributed by atoms with Crippen LogP contribution in [-0.2, 0) is 9.53 Å². The van der Waals surface area contributed by atoms with E-state index < -0.39 is 12.1 Å². The van der Waals surface area contributed by atoms with Gasteiger partial charge in [0.05, 0.1) is 6.07 Å². The molecule has 1 aliphatic carbocycles. The molecule has 0 fully saturated rings. The minimum atomic E-state index is -0.663. The maximum Gasteiger partial charge on any atom is 0.164 e. The van der Waals surface area contributed by atoms with Crippen molar-refractivity contribution >= 4 is 17.1 Å². The van der Waals surface area contributed by atoms with Gasteiger partial charge in [-0.2, -0.15) is 5.26 Å². The molecule has 1 aromatic rings. The molecule has 4 unspecified atom stereocenters. The van der Waals surface area contributed by atoms with Crippen molar-refractivity contribution in [3.63, 3.8) is 0 Å². The number of thiophene rings is 1. The summed E-state index contributed by atoms with van der Waals surface area (Å²) in [4.78, 5) is 13.4. The minimum absolute atomic E-state index is 0.101. The van der Waals surface area contributed by atoms with Gasteiger partial charge in [0, 0.05) is 29.2 Å². The van der Waals surface area contributed by atoms with E-state index in [2.05, 4.69) is 6.07 Å². The fourth-order valence-corrected chi connectivity index (χ4v) is 3.96. The van der Waals surface area contributed by atoms with Crippen LogP contribution in [0.4, 0.5) is 0 Å². The highest BCUT2D eigenvalue weighted by Gasteiger charge is 2.44. The van der Waals surface area contributed by atoms with Gasteiger partial charge in [-0.25, -0.2) is 0 Å². The normalized spacial score (nSPS) is 33.4. The summed E-state index contributed by atoms with van der Waals surface area (Å²) >= 11 is 1.56. The number of carbonyl (C=O) groups excluding carboxylic acids is 1. The Morgan fingerprint density at radius 1 is 1.50 bits per heavy atom. The number of ketones is 1. The molecule has 2 heterocycles. The van der Waals surface area contributed by atoms with E-state index in [9.17, 15) is 10.1 Å². The first-order valence-corrected chi connectivity index (χ1v) is 7.61. The zero-order chi connectivity index (χ0) is 14.3. The summed E-state index contributed by atoms with van der Waals surface area (Å²) in [6.45, 7) is 2.03. The summed E-state index contributed by atoms with van der Waals surface area (Å²) < 4.78 is 5.68. The van der Waals surface area contributed by atoms with Crippen LogP contribution in [0.2, 0.25) is 0 Å². The summed E-state index contributed by atoms with van der Waals surface area (Å²) in [7, 11) is 0. The van der Waals surface area contributed by atoms with Gasteiger partial charge in [0.25, 0.3) is 0 Å². The third-order valence-corrected chi connectivity index (χ3v) is 4.93. The van der Waals surface area contributed by atoms with E-state index in [-0.39, 0.29) is 17.6 Å². The van der Waals surface area contributed by atoms with Crippen LogP contribution in [0.1, 0.15) is 30.6 Å². The van der Waals surface area contributed by atoms with Crippen LogP contribution in [0.15, 0.2) is 28.8 Å². The molecule has 0 bridgehead atoms. The van der Waals surface area contributed by atoms with E-state index in [4.69, 9.17) is 10.5 Å². The maximum atomic E-state index is 12.4. The number of ether oxygens (including phenoxy) is 1. The molecule has 1 aromatic heterocycles. The number of carbonyl (C=O) groups is 1. The summed E-state index contributed by atoms with van der Waals surface area (Å²) in [5.74, 6) is 0.329. The van der Waals surface area contributed by atoms with Gasteiger partial charge in [0.1, 0.15) is 11.7 Å². The number of allylic oxidation sites excluding steroid dienone is 2. The molecule has 4 atom stereocenters. The Morgan fingerprint density at radius 2 is 2.30 bits per heavy atom. The number of hydrogen-bond acceptors (Lipinski definition) is 5. The molecular formula is C15H16N2O2S. The van der Waals surface area contributed by atoms with Crippen molar-refractivity contribution < 1.29 is 9.53 Å². The Morgan fingerprint density at radius 3 is 2.95 bits per heavy atom. The Kier molecular flexibility index (Phi) is 3.36. The Bertz CT molecular complexity index is 600. The summed E-state index contributed by atoms with van der Waals surface area (Å²) in [5, 5.41) is 11.4. The lowest BCUT2D eigenvalue weighted by Crippen LogP contribution is -2.43. The molecule has 0 radical (unpaired) electrons. The molecule has 4 nitrogen and oxygen atoms in total. The molecule has 3 rings (SSSR count). The summed E-state index contributed by atoms with van der Waals surface area (Å²) in [5.41, 5.74) is 6.68. The van der Waals surface area contributed by atoms with Crippen molar-refractivity contribution in [3.8, 4) is 6.07 Å². The molecule has 0 amide bonds. The topological polar surface area (TPSA) is 76.1 Å². The quantitative estimate of drug-likeness (QED) is 0.861. The molecule has 5 heteroatoms. The Balaban J connectivity index is 2.12. The van der Waals surface area contributed by atoms with E-state index in [1.165, 1.54) is 0 Å². The number of rotatable bonds is 1. The SMILES string of the molecule is CC1CC(=O)C2=C(C1)OC(N)C(C#N)C2c1cccs1. The minimum Gasteiger partial charge on any atom is -0.478 e. The second-order valence-electron chi connectivity index (χ2n) is 5.50. The average molecular weight is 288 g/mol. The van der Waals surface area contributed by atoms with Crippen molar-refractivity contribution in [2.45, 2.75) is 31.9 Å². The van der Waals surface area contributed by atoms with Gasteiger partial charge >= 0.3 is 0 Å². The largest absolute Gasteiger partial charge is 0.478 e. The lowest BCUT2D eigenvalue weighted by Gasteiger charge is -2.38. The average Bonchev–Trinajstić information content (AvgIpc) is 2.90. The number of Topliss-reactive ketones (excluding diaryl/α,β-unsaturated/α-hetero) is 1. The molecule has 0 saturated heterocycles. The fraction of sp³-hybridized carbons (Fsp3) is 0.467. The summed E-state index contributed by atoms with van der Waals surface area (Å²) in [6, 6.07) is 6.13. The van der Waals surface area contributed by atoms with Crippen LogP contribution >= 0.6 is 11.3 Å². The van der Waals surface area contributed by atoms with Crippen LogP contribution < -0.4 is 5.73 Å². The first-order chi connectivity index (χ1) is 9.61.